The van der Waals surface area contributed by atoms with Crippen LogP contribution in [0.3, 0.4) is 0 Å². The van der Waals surface area contributed by atoms with Crippen LogP contribution in [0.5, 0.6) is 0 Å². The van der Waals surface area contributed by atoms with Gasteiger partial charge in [0.2, 0.25) is 5.91 Å². The second kappa shape index (κ2) is 5.83. The Morgan fingerprint density at radius 3 is 2.65 bits per heavy atom. The number of likely N-dealkylation sites (tertiary alicyclic amines) is 1. The summed E-state index contributed by atoms with van der Waals surface area (Å²) in [5, 5.41) is 3.03. The van der Waals surface area contributed by atoms with Crippen LogP contribution in [0.25, 0.3) is 0 Å². The number of carbonyl (C=O) groups excluding carboxylic acids is 1. The van der Waals surface area contributed by atoms with Crippen molar-refractivity contribution in [3.8, 4) is 0 Å². The number of nitrogens with two attached hydrogens (primary N) is 1. The summed E-state index contributed by atoms with van der Waals surface area (Å²) in [7, 11) is 0. The Morgan fingerprint density at radius 1 is 1.53 bits per heavy atom. The number of hydrogen-bond donors (Lipinski definition) is 2. The molecule has 0 aromatic rings. The molecule has 0 aromatic heterocycles. The molecule has 0 bridgehead atoms. The monoisotopic (exact) mass is 241 g/mol. The minimum Gasteiger partial charge on any atom is -0.355 e. The van der Waals surface area contributed by atoms with Crippen LogP contribution in [-0.4, -0.2) is 43.0 Å². The molecule has 4 nitrogen and oxygen atoms in total. The lowest BCUT2D eigenvalue weighted by Gasteiger charge is -2.23. The second-order valence-electron chi connectivity index (χ2n) is 6.04. The molecule has 1 rings (SSSR count). The maximum Gasteiger partial charge on any atom is 0.226 e. The first-order valence-electron chi connectivity index (χ1n) is 6.59. The lowest BCUT2D eigenvalue weighted by Crippen LogP contribution is -2.43. The first-order valence-corrected chi connectivity index (χ1v) is 6.59. The van der Waals surface area contributed by atoms with Gasteiger partial charge in [0.05, 0.1) is 5.41 Å². The Morgan fingerprint density at radius 2 is 2.18 bits per heavy atom. The van der Waals surface area contributed by atoms with Crippen molar-refractivity contribution in [1.82, 2.24) is 10.2 Å². The van der Waals surface area contributed by atoms with E-state index in [9.17, 15) is 4.79 Å². The summed E-state index contributed by atoms with van der Waals surface area (Å²) >= 11 is 0. The lowest BCUT2D eigenvalue weighted by atomic mass is 9.92. The zero-order valence-corrected chi connectivity index (χ0v) is 11.6. The van der Waals surface area contributed by atoms with Gasteiger partial charge in [-0.25, -0.2) is 0 Å². The molecule has 1 atom stereocenters. The number of amides is 1. The molecular weight excluding hydrogens is 214 g/mol. The molecule has 1 aliphatic rings. The number of carbonyl (C=O) groups is 1. The van der Waals surface area contributed by atoms with Gasteiger partial charge in [-0.3, -0.25) is 4.79 Å². The van der Waals surface area contributed by atoms with Gasteiger partial charge >= 0.3 is 0 Å². The molecule has 1 amide bonds. The smallest absolute Gasteiger partial charge is 0.226 e. The van der Waals surface area contributed by atoms with Gasteiger partial charge in [-0.1, -0.05) is 0 Å². The Labute approximate surface area is 105 Å². The summed E-state index contributed by atoms with van der Waals surface area (Å²) in [4.78, 5) is 14.3. The van der Waals surface area contributed by atoms with E-state index in [1.807, 2.05) is 13.8 Å². The van der Waals surface area contributed by atoms with Crippen molar-refractivity contribution < 1.29 is 4.79 Å². The van der Waals surface area contributed by atoms with Gasteiger partial charge in [-0.2, -0.15) is 0 Å². The summed E-state index contributed by atoms with van der Waals surface area (Å²) in [5.41, 5.74) is 5.14. The van der Waals surface area contributed by atoms with Crippen molar-refractivity contribution in [3.63, 3.8) is 0 Å². The minimum atomic E-state index is -0.448. The van der Waals surface area contributed by atoms with Crippen LogP contribution in [0.15, 0.2) is 0 Å². The molecule has 1 unspecified atom stereocenters. The van der Waals surface area contributed by atoms with Crippen molar-refractivity contribution in [1.29, 1.82) is 0 Å². The van der Waals surface area contributed by atoms with Crippen LogP contribution in [-0.2, 0) is 4.79 Å². The average Bonchev–Trinajstić information content (AvgIpc) is 2.74. The summed E-state index contributed by atoms with van der Waals surface area (Å²) in [5.74, 6) is 0.665. The van der Waals surface area contributed by atoms with E-state index in [1.165, 1.54) is 6.42 Å². The molecule has 1 saturated heterocycles. The van der Waals surface area contributed by atoms with Crippen LogP contribution in [0.2, 0.25) is 0 Å². The third kappa shape index (κ3) is 3.96. The Hall–Kier alpha value is -0.610. The van der Waals surface area contributed by atoms with Gasteiger partial charge in [0.1, 0.15) is 0 Å². The van der Waals surface area contributed by atoms with E-state index in [-0.39, 0.29) is 5.91 Å². The van der Waals surface area contributed by atoms with E-state index in [2.05, 4.69) is 24.1 Å². The third-order valence-electron chi connectivity index (χ3n) is 3.72. The fourth-order valence-corrected chi connectivity index (χ4v) is 2.07. The predicted octanol–water partition coefficient (Wildman–Crippen LogP) is 0.818. The van der Waals surface area contributed by atoms with Crippen LogP contribution in [0.1, 0.15) is 34.1 Å². The zero-order valence-electron chi connectivity index (χ0n) is 11.6. The standard InChI is InChI=1S/C13H27N3O/c1-10(2)16-6-5-11(8-16)7-15-12(17)13(3,4)9-14/h10-11H,5-9,14H2,1-4H3,(H,15,17). The fourth-order valence-electron chi connectivity index (χ4n) is 2.07. The van der Waals surface area contributed by atoms with E-state index in [0.29, 0.717) is 18.5 Å². The van der Waals surface area contributed by atoms with Crippen molar-refractivity contribution in [2.75, 3.05) is 26.2 Å². The third-order valence-corrected chi connectivity index (χ3v) is 3.72. The summed E-state index contributed by atoms with van der Waals surface area (Å²) in [6.45, 7) is 11.6. The summed E-state index contributed by atoms with van der Waals surface area (Å²) in [6, 6.07) is 0.608. The lowest BCUT2D eigenvalue weighted by molar-refractivity contribution is -0.129. The second-order valence-corrected chi connectivity index (χ2v) is 6.04. The largest absolute Gasteiger partial charge is 0.355 e. The minimum absolute atomic E-state index is 0.0722. The first kappa shape index (κ1) is 14.5. The molecule has 1 heterocycles. The zero-order chi connectivity index (χ0) is 13.1. The normalized spacial score (nSPS) is 22.1. The van der Waals surface area contributed by atoms with Crippen molar-refractivity contribution >= 4 is 5.91 Å². The summed E-state index contributed by atoms with van der Waals surface area (Å²) < 4.78 is 0. The predicted molar refractivity (Wildman–Crippen MR) is 70.7 cm³/mol. The van der Waals surface area contributed by atoms with Gasteiger partial charge in [0.15, 0.2) is 0 Å². The van der Waals surface area contributed by atoms with Gasteiger partial charge in [-0.05, 0) is 46.6 Å². The van der Waals surface area contributed by atoms with Crippen LogP contribution >= 0.6 is 0 Å². The molecule has 1 aliphatic heterocycles. The maximum absolute atomic E-state index is 11.9. The highest BCUT2D eigenvalue weighted by Gasteiger charge is 2.28. The molecule has 3 N–H and O–H groups in total. The summed E-state index contributed by atoms with van der Waals surface area (Å²) in [6.07, 6.45) is 1.18. The van der Waals surface area contributed by atoms with E-state index in [4.69, 9.17) is 5.73 Å². The molecule has 1 fully saturated rings. The molecular formula is C13H27N3O. The Balaban J connectivity index is 2.31. The molecule has 0 saturated carbocycles. The maximum atomic E-state index is 11.9. The van der Waals surface area contributed by atoms with E-state index in [1.54, 1.807) is 0 Å². The number of nitrogens with zero attached hydrogens (tertiary/aromatic N) is 1. The van der Waals surface area contributed by atoms with Crippen molar-refractivity contribution in [2.45, 2.75) is 40.2 Å². The SMILES string of the molecule is CC(C)N1CCC(CNC(=O)C(C)(C)CN)C1. The molecule has 0 spiro atoms. The molecule has 4 heteroatoms. The number of hydrogen-bond acceptors (Lipinski definition) is 3. The number of rotatable bonds is 5. The van der Waals surface area contributed by atoms with Gasteiger partial charge in [0, 0.05) is 25.7 Å². The molecule has 0 radical (unpaired) electrons. The first-order chi connectivity index (χ1) is 7.86. The quantitative estimate of drug-likeness (QED) is 0.749. The molecule has 0 aliphatic carbocycles. The van der Waals surface area contributed by atoms with E-state index >= 15 is 0 Å². The van der Waals surface area contributed by atoms with E-state index < -0.39 is 5.41 Å². The average molecular weight is 241 g/mol. The van der Waals surface area contributed by atoms with Crippen molar-refractivity contribution in [3.05, 3.63) is 0 Å². The molecule has 17 heavy (non-hydrogen) atoms. The van der Waals surface area contributed by atoms with Crippen LogP contribution < -0.4 is 11.1 Å². The van der Waals surface area contributed by atoms with Crippen LogP contribution in [0.4, 0.5) is 0 Å². The van der Waals surface area contributed by atoms with Gasteiger partial charge in [-0.15, -0.1) is 0 Å². The molecule has 100 valence electrons. The highest BCUT2D eigenvalue weighted by atomic mass is 16.2. The molecule has 0 aromatic carbocycles. The van der Waals surface area contributed by atoms with Crippen molar-refractivity contribution in [2.24, 2.45) is 17.1 Å². The van der Waals surface area contributed by atoms with E-state index in [0.717, 1.165) is 19.6 Å². The van der Waals surface area contributed by atoms with Gasteiger partial charge < -0.3 is 16.0 Å². The van der Waals surface area contributed by atoms with Gasteiger partial charge in [0.25, 0.3) is 0 Å². The fraction of sp³-hybridized carbons (Fsp3) is 0.923. The van der Waals surface area contributed by atoms with Crippen LogP contribution in [0, 0.1) is 11.3 Å². The highest BCUT2D eigenvalue weighted by molar-refractivity contribution is 5.82. The number of nitrogens with one attached hydrogen (secondary N) is 1. The topological polar surface area (TPSA) is 58.4 Å². The highest BCUT2D eigenvalue weighted by Crippen LogP contribution is 2.18. The Kier molecular flexibility index (Phi) is 4.95. The Bertz CT molecular complexity index is 263.